The van der Waals surface area contributed by atoms with E-state index in [4.69, 9.17) is 0 Å². The summed E-state index contributed by atoms with van der Waals surface area (Å²) in [7, 11) is 0. The van der Waals surface area contributed by atoms with Crippen molar-refractivity contribution in [1.29, 1.82) is 0 Å². The van der Waals surface area contributed by atoms with Gasteiger partial charge in [-0.15, -0.1) is 0 Å². The van der Waals surface area contributed by atoms with Gasteiger partial charge in [-0.1, -0.05) is 29.8 Å². The molecule has 0 aliphatic rings. The van der Waals surface area contributed by atoms with E-state index in [2.05, 4.69) is 32.5 Å². The second-order valence-electron chi connectivity index (χ2n) is 8.29. The first-order valence-electron chi connectivity index (χ1n) is 11.2. The second-order valence-corrected chi connectivity index (χ2v) is 8.29. The van der Waals surface area contributed by atoms with Crippen LogP contribution in [0, 0.1) is 13.8 Å². The molecule has 0 bridgehead atoms. The number of nitrogens with zero attached hydrogens (tertiary/aromatic N) is 2. The molecule has 5 aromatic rings. The molecule has 1 unspecified atom stereocenters. The number of H-pyrrole nitrogens is 1. The van der Waals surface area contributed by atoms with E-state index in [1.165, 1.54) is 0 Å². The number of rotatable bonds is 6. The van der Waals surface area contributed by atoms with E-state index in [1.807, 2.05) is 85.8 Å². The first-order chi connectivity index (χ1) is 16.6. The van der Waals surface area contributed by atoms with Gasteiger partial charge in [-0.05, 0) is 68.4 Å². The van der Waals surface area contributed by atoms with Crippen LogP contribution in [0.25, 0.3) is 10.9 Å². The molecule has 0 spiro atoms. The molecule has 0 fully saturated rings. The van der Waals surface area contributed by atoms with Crippen LogP contribution in [0.2, 0.25) is 0 Å². The number of aromatic nitrogens is 3. The van der Waals surface area contributed by atoms with Crippen molar-refractivity contribution in [2.45, 2.75) is 19.9 Å². The third-order valence-electron chi connectivity index (χ3n) is 5.84. The van der Waals surface area contributed by atoms with Gasteiger partial charge in [0.15, 0.2) is 0 Å². The van der Waals surface area contributed by atoms with Gasteiger partial charge in [-0.25, -0.2) is 4.98 Å². The largest absolute Gasteiger partial charge is 0.358 e. The van der Waals surface area contributed by atoms with E-state index in [-0.39, 0.29) is 11.9 Å². The van der Waals surface area contributed by atoms with Gasteiger partial charge in [0, 0.05) is 45.8 Å². The van der Waals surface area contributed by atoms with Crippen LogP contribution >= 0.6 is 0 Å². The minimum Gasteiger partial charge on any atom is -0.358 e. The van der Waals surface area contributed by atoms with Gasteiger partial charge in [0.25, 0.3) is 5.91 Å². The molecule has 3 N–H and O–H groups in total. The molecule has 0 saturated heterocycles. The van der Waals surface area contributed by atoms with Crippen molar-refractivity contribution in [2.24, 2.45) is 0 Å². The van der Waals surface area contributed by atoms with Gasteiger partial charge < -0.3 is 15.6 Å². The summed E-state index contributed by atoms with van der Waals surface area (Å²) in [4.78, 5) is 25.4. The smallest absolute Gasteiger partial charge is 0.255 e. The van der Waals surface area contributed by atoms with Gasteiger partial charge in [0.05, 0.1) is 11.7 Å². The van der Waals surface area contributed by atoms with Crippen LogP contribution in [-0.2, 0) is 0 Å². The summed E-state index contributed by atoms with van der Waals surface area (Å²) < 4.78 is 0. The lowest BCUT2D eigenvalue weighted by molar-refractivity contribution is 0.102. The third kappa shape index (κ3) is 4.38. The third-order valence-corrected chi connectivity index (χ3v) is 5.84. The van der Waals surface area contributed by atoms with E-state index in [1.54, 1.807) is 12.4 Å². The summed E-state index contributed by atoms with van der Waals surface area (Å²) >= 11 is 0. The number of hydrogen-bond donors (Lipinski definition) is 3. The summed E-state index contributed by atoms with van der Waals surface area (Å²) in [6, 6.07) is 24.9. The van der Waals surface area contributed by atoms with Crippen molar-refractivity contribution in [3.8, 4) is 0 Å². The number of anilines is 2. The van der Waals surface area contributed by atoms with Crippen LogP contribution in [0.4, 0.5) is 11.5 Å². The summed E-state index contributed by atoms with van der Waals surface area (Å²) in [6.45, 7) is 4.05. The number of aryl methyl sites for hydroxylation is 2. The maximum atomic E-state index is 12.8. The van der Waals surface area contributed by atoms with Gasteiger partial charge >= 0.3 is 0 Å². The molecule has 6 heteroatoms. The summed E-state index contributed by atoms with van der Waals surface area (Å²) in [5.74, 6) is 0.622. The normalized spacial score (nSPS) is 11.8. The SMILES string of the molecule is Cc1ccc(C(=O)Nc2ccc3[nH]c(C)c(C(Nc4ccccn4)c4ccccn4)c3c2)cc1. The average Bonchev–Trinajstić information content (AvgIpc) is 3.19. The minimum absolute atomic E-state index is 0.138. The van der Waals surface area contributed by atoms with E-state index >= 15 is 0 Å². The number of benzene rings is 2. The van der Waals surface area contributed by atoms with Gasteiger partial charge in [-0.2, -0.15) is 0 Å². The number of pyridine rings is 2. The van der Waals surface area contributed by atoms with Gasteiger partial charge in [0.1, 0.15) is 5.82 Å². The molecule has 3 heterocycles. The Morgan fingerprint density at radius 3 is 2.35 bits per heavy atom. The Morgan fingerprint density at radius 1 is 0.882 bits per heavy atom. The molecule has 0 radical (unpaired) electrons. The molecule has 3 aromatic heterocycles. The highest BCUT2D eigenvalue weighted by Gasteiger charge is 2.23. The number of nitrogens with one attached hydrogen (secondary N) is 3. The molecule has 2 aromatic carbocycles. The summed E-state index contributed by atoms with van der Waals surface area (Å²) in [5, 5.41) is 7.59. The zero-order valence-corrected chi connectivity index (χ0v) is 19.0. The van der Waals surface area contributed by atoms with E-state index < -0.39 is 0 Å². The Kier molecular flexibility index (Phi) is 5.79. The Labute approximate surface area is 198 Å². The Balaban J connectivity index is 1.55. The Hall–Kier alpha value is -4.45. The molecule has 0 aliphatic heterocycles. The van der Waals surface area contributed by atoms with Crippen LogP contribution < -0.4 is 10.6 Å². The minimum atomic E-state index is -0.229. The van der Waals surface area contributed by atoms with Crippen molar-refractivity contribution in [2.75, 3.05) is 10.6 Å². The van der Waals surface area contributed by atoms with E-state index in [0.29, 0.717) is 5.56 Å². The molecule has 0 aliphatic carbocycles. The predicted molar refractivity (Wildman–Crippen MR) is 136 cm³/mol. The van der Waals surface area contributed by atoms with Crippen LogP contribution in [-0.4, -0.2) is 20.9 Å². The molecule has 6 nitrogen and oxygen atoms in total. The number of carbonyl (C=O) groups excluding carboxylic acids is 1. The number of amides is 1. The first kappa shape index (κ1) is 21.4. The molecular weight excluding hydrogens is 422 g/mol. The van der Waals surface area contributed by atoms with Crippen molar-refractivity contribution in [3.05, 3.63) is 119 Å². The number of hydrogen-bond acceptors (Lipinski definition) is 4. The van der Waals surface area contributed by atoms with Crippen LogP contribution in [0.15, 0.2) is 91.3 Å². The van der Waals surface area contributed by atoms with Gasteiger partial charge in [0.2, 0.25) is 0 Å². The molecule has 168 valence electrons. The first-order valence-corrected chi connectivity index (χ1v) is 11.2. The number of aromatic amines is 1. The topological polar surface area (TPSA) is 82.7 Å². The lowest BCUT2D eigenvalue weighted by Crippen LogP contribution is -2.15. The zero-order valence-electron chi connectivity index (χ0n) is 19.0. The maximum absolute atomic E-state index is 12.8. The molecule has 1 amide bonds. The average molecular weight is 448 g/mol. The van der Waals surface area contributed by atoms with E-state index in [0.717, 1.165) is 44.9 Å². The second kappa shape index (κ2) is 9.19. The maximum Gasteiger partial charge on any atom is 0.255 e. The highest BCUT2D eigenvalue weighted by Crippen LogP contribution is 2.34. The standard InChI is InChI=1S/C28H25N5O/c1-18-9-11-20(12-10-18)28(34)32-21-13-14-23-22(17-21)26(19(2)31-23)27(24-7-3-5-15-29-24)33-25-8-4-6-16-30-25/h3-17,27,31H,1-2H3,(H,30,33)(H,32,34). The lowest BCUT2D eigenvalue weighted by atomic mass is 9.99. The predicted octanol–water partition coefficient (Wildman–Crippen LogP) is 6.03. The van der Waals surface area contributed by atoms with Crippen molar-refractivity contribution < 1.29 is 4.79 Å². The number of fused-ring (bicyclic) bond motifs is 1. The van der Waals surface area contributed by atoms with Crippen molar-refractivity contribution in [3.63, 3.8) is 0 Å². The van der Waals surface area contributed by atoms with Crippen LogP contribution in [0.5, 0.6) is 0 Å². The highest BCUT2D eigenvalue weighted by molar-refractivity contribution is 6.05. The Bertz CT molecular complexity index is 1430. The van der Waals surface area contributed by atoms with Gasteiger partial charge in [-0.3, -0.25) is 9.78 Å². The monoisotopic (exact) mass is 447 g/mol. The Morgan fingerprint density at radius 2 is 1.65 bits per heavy atom. The summed E-state index contributed by atoms with van der Waals surface area (Å²) in [6.07, 6.45) is 3.55. The van der Waals surface area contributed by atoms with Crippen LogP contribution in [0.1, 0.15) is 38.9 Å². The zero-order chi connectivity index (χ0) is 23.5. The number of carbonyl (C=O) groups is 1. The lowest BCUT2D eigenvalue weighted by Gasteiger charge is -2.20. The fourth-order valence-corrected chi connectivity index (χ4v) is 4.14. The van der Waals surface area contributed by atoms with Crippen molar-refractivity contribution in [1.82, 2.24) is 15.0 Å². The molecule has 5 rings (SSSR count). The highest BCUT2D eigenvalue weighted by atomic mass is 16.1. The quantitative estimate of drug-likeness (QED) is 0.297. The molecule has 0 saturated carbocycles. The molecule has 1 atom stereocenters. The summed E-state index contributed by atoms with van der Waals surface area (Å²) in [5.41, 5.74) is 6.43. The van der Waals surface area contributed by atoms with Crippen LogP contribution in [0.3, 0.4) is 0 Å². The molecular formula is C28H25N5O. The molecule has 34 heavy (non-hydrogen) atoms. The van der Waals surface area contributed by atoms with Crippen molar-refractivity contribution >= 4 is 28.3 Å². The van der Waals surface area contributed by atoms with E-state index in [9.17, 15) is 4.79 Å². The fourth-order valence-electron chi connectivity index (χ4n) is 4.14. The fraction of sp³-hybridized carbons (Fsp3) is 0.107.